The monoisotopic (exact) mass is 388 g/mol. The lowest BCUT2D eigenvalue weighted by molar-refractivity contribution is -0.123. The van der Waals surface area contributed by atoms with Gasteiger partial charge < -0.3 is 10.1 Å². The number of fused-ring (bicyclic) bond motifs is 1. The van der Waals surface area contributed by atoms with E-state index in [1.807, 2.05) is 0 Å². The molecule has 1 amide bonds. The molecule has 1 N–H and O–H groups in total. The SMILES string of the molecule is C[C@H](OC(=O)c1cc(Cl)nc2ccccc12)C(=O)Nc1ccccc1Cl. The number of hydrogen-bond donors (Lipinski definition) is 1. The Morgan fingerprint density at radius 2 is 1.77 bits per heavy atom. The van der Waals surface area contributed by atoms with E-state index in [2.05, 4.69) is 10.3 Å². The molecule has 7 heteroatoms. The molecule has 3 aromatic rings. The van der Waals surface area contributed by atoms with E-state index >= 15 is 0 Å². The molecule has 0 aliphatic carbocycles. The van der Waals surface area contributed by atoms with Gasteiger partial charge in [0.25, 0.3) is 5.91 Å². The van der Waals surface area contributed by atoms with Gasteiger partial charge in [-0.15, -0.1) is 0 Å². The molecule has 0 unspecified atom stereocenters. The van der Waals surface area contributed by atoms with E-state index in [0.29, 0.717) is 21.6 Å². The Hall–Kier alpha value is -2.63. The van der Waals surface area contributed by atoms with Crippen LogP contribution in [0.25, 0.3) is 10.9 Å². The standard InChI is InChI=1S/C19H14Cl2N2O3/c1-11(18(24)23-16-9-5-3-7-14(16)20)26-19(25)13-10-17(21)22-15-8-4-2-6-12(13)15/h2-11H,1H3,(H,23,24)/t11-/m0/s1. The molecule has 0 aliphatic rings. The second kappa shape index (κ2) is 7.72. The normalized spacial score (nSPS) is 11.8. The van der Waals surface area contributed by atoms with Crippen molar-refractivity contribution in [1.82, 2.24) is 4.98 Å². The van der Waals surface area contributed by atoms with Gasteiger partial charge in [-0.05, 0) is 31.2 Å². The van der Waals surface area contributed by atoms with Crippen LogP contribution in [-0.2, 0) is 9.53 Å². The van der Waals surface area contributed by atoms with Crippen LogP contribution in [0, 0.1) is 0 Å². The fraction of sp³-hybridized carbons (Fsp3) is 0.105. The average molecular weight is 389 g/mol. The Morgan fingerprint density at radius 3 is 2.54 bits per heavy atom. The number of nitrogens with one attached hydrogen (secondary N) is 1. The van der Waals surface area contributed by atoms with Crippen molar-refractivity contribution in [2.24, 2.45) is 0 Å². The van der Waals surface area contributed by atoms with Crippen LogP contribution in [0.4, 0.5) is 5.69 Å². The molecule has 2 aromatic carbocycles. The van der Waals surface area contributed by atoms with Crippen molar-refractivity contribution in [2.75, 3.05) is 5.32 Å². The minimum atomic E-state index is -1.02. The van der Waals surface area contributed by atoms with E-state index in [4.69, 9.17) is 27.9 Å². The van der Waals surface area contributed by atoms with E-state index in [1.54, 1.807) is 48.5 Å². The summed E-state index contributed by atoms with van der Waals surface area (Å²) in [6.45, 7) is 1.48. The summed E-state index contributed by atoms with van der Waals surface area (Å²) in [5, 5.41) is 3.79. The second-order valence-corrected chi connectivity index (χ2v) is 6.32. The fourth-order valence-corrected chi connectivity index (χ4v) is 2.77. The molecule has 1 atom stereocenters. The van der Waals surface area contributed by atoms with Gasteiger partial charge in [0.2, 0.25) is 0 Å². The van der Waals surface area contributed by atoms with Crippen LogP contribution in [0.2, 0.25) is 10.2 Å². The van der Waals surface area contributed by atoms with Crippen LogP contribution in [0.5, 0.6) is 0 Å². The fourth-order valence-electron chi connectivity index (χ4n) is 2.39. The molecular formula is C19H14Cl2N2O3. The van der Waals surface area contributed by atoms with Gasteiger partial charge in [0.15, 0.2) is 6.10 Å². The van der Waals surface area contributed by atoms with Gasteiger partial charge in [0.05, 0.1) is 21.8 Å². The summed E-state index contributed by atoms with van der Waals surface area (Å²) in [7, 11) is 0. The number of ether oxygens (including phenoxy) is 1. The largest absolute Gasteiger partial charge is 0.449 e. The zero-order valence-electron chi connectivity index (χ0n) is 13.7. The number of halogens is 2. The number of para-hydroxylation sites is 2. The maximum absolute atomic E-state index is 12.5. The molecule has 5 nitrogen and oxygen atoms in total. The molecule has 0 aliphatic heterocycles. The van der Waals surface area contributed by atoms with Crippen LogP contribution in [0.15, 0.2) is 54.6 Å². The summed E-state index contributed by atoms with van der Waals surface area (Å²) in [6, 6.07) is 15.3. The van der Waals surface area contributed by atoms with Crippen LogP contribution in [0.3, 0.4) is 0 Å². The zero-order chi connectivity index (χ0) is 18.7. The van der Waals surface area contributed by atoms with Crippen molar-refractivity contribution in [3.63, 3.8) is 0 Å². The number of aromatic nitrogens is 1. The Bertz CT molecular complexity index is 991. The van der Waals surface area contributed by atoms with E-state index in [9.17, 15) is 9.59 Å². The van der Waals surface area contributed by atoms with Gasteiger partial charge in [-0.2, -0.15) is 0 Å². The molecule has 0 saturated heterocycles. The topological polar surface area (TPSA) is 68.3 Å². The molecular weight excluding hydrogens is 375 g/mol. The number of esters is 1. The van der Waals surface area contributed by atoms with Crippen LogP contribution < -0.4 is 5.32 Å². The average Bonchev–Trinajstić information content (AvgIpc) is 2.62. The molecule has 1 aromatic heterocycles. The summed E-state index contributed by atoms with van der Waals surface area (Å²) in [5.41, 5.74) is 1.26. The first-order valence-electron chi connectivity index (χ1n) is 7.77. The molecule has 0 fully saturated rings. The molecule has 132 valence electrons. The molecule has 0 saturated carbocycles. The van der Waals surface area contributed by atoms with Crippen molar-refractivity contribution in [1.29, 1.82) is 0 Å². The number of benzene rings is 2. The third-order valence-electron chi connectivity index (χ3n) is 3.69. The van der Waals surface area contributed by atoms with Crippen LogP contribution in [0.1, 0.15) is 17.3 Å². The molecule has 26 heavy (non-hydrogen) atoms. The zero-order valence-corrected chi connectivity index (χ0v) is 15.2. The number of rotatable bonds is 4. The Labute approximate surface area is 159 Å². The lowest BCUT2D eigenvalue weighted by Gasteiger charge is -2.15. The van der Waals surface area contributed by atoms with E-state index in [1.165, 1.54) is 13.0 Å². The number of hydrogen-bond acceptors (Lipinski definition) is 4. The summed E-state index contributed by atoms with van der Waals surface area (Å²) in [6.07, 6.45) is -1.02. The smallest absolute Gasteiger partial charge is 0.339 e. The summed E-state index contributed by atoms with van der Waals surface area (Å²) >= 11 is 12.0. The Balaban J connectivity index is 1.77. The van der Waals surface area contributed by atoms with Gasteiger partial charge in [0, 0.05) is 5.39 Å². The predicted octanol–water partition coefficient (Wildman–Crippen LogP) is 4.73. The first kappa shape index (κ1) is 18.2. The maximum Gasteiger partial charge on any atom is 0.339 e. The Kier molecular flexibility index (Phi) is 5.40. The highest BCUT2D eigenvalue weighted by atomic mass is 35.5. The number of amides is 1. The van der Waals surface area contributed by atoms with E-state index in [-0.39, 0.29) is 10.7 Å². The highest BCUT2D eigenvalue weighted by Gasteiger charge is 2.21. The predicted molar refractivity (Wildman–Crippen MR) is 102 cm³/mol. The minimum Gasteiger partial charge on any atom is -0.449 e. The molecule has 0 spiro atoms. The molecule has 1 heterocycles. The molecule has 0 radical (unpaired) electrons. The van der Waals surface area contributed by atoms with Crippen LogP contribution in [-0.4, -0.2) is 23.0 Å². The quantitative estimate of drug-likeness (QED) is 0.518. The van der Waals surface area contributed by atoms with Crippen molar-refractivity contribution >= 4 is 51.7 Å². The summed E-state index contributed by atoms with van der Waals surface area (Å²) in [5.74, 6) is -1.15. The lowest BCUT2D eigenvalue weighted by Crippen LogP contribution is -2.30. The maximum atomic E-state index is 12.5. The van der Waals surface area contributed by atoms with Crippen molar-refractivity contribution < 1.29 is 14.3 Å². The van der Waals surface area contributed by atoms with Gasteiger partial charge >= 0.3 is 5.97 Å². The third-order valence-corrected chi connectivity index (χ3v) is 4.21. The molecule has 0 bridgehead atoms. The summed E-state index contributed by atoms with van der Waals surface area (Å²) < 4.78 is 5.29. The number of carbonyl (C=O) groups is 2. The van der Waals surface area contributed by atoms with Gasteiger partial charge in [-0.25, -0.2) is 9.78 Å². The van der Waals surface area contributed by atoms with E-state index in [0.717, 1.165) is 0 Å². The van der Waals surface area contributed by atoms with Crippen molar-refractivity contribution in [2.45, 2.75) is 13.0 Å². The second-order valence-electron chi connectivity index (χ2n) is 5.53. The van der Waals surface area contributed by atoms with Gasteiger partial charge in [-0.3, -0.25) is 4.79 Å². The van der Waals surface area contributed by atoms with Crippen molar-refractivity contribution in [3.05, 3.63) is 70.3 Å². The van der Waals surface area contributed by atoms with Crippen molar-refractivity contribution in [3.8, 4) is 0 Å². The Morgan fingerprint density at radius 1 is 1.08 bits per heavy atom. The first-order valence-corrected chi connectivity index (χ1v) is 8.53. The summed E-state index contributed by atoms with van der Waals surface area (Å²) in [4.78, 5) is 29.0. The lowest BCUT2D eigenvalue weighted by atomic mass is 10.1. The highest BCUT2D eigenvalue weighted by Crippen LogP contribution is 2.23. The van der Waals surface area contributed by atoms with Gasteiger partial charge in [-0.1, -0.05) is 53.5 Å². The third kappa shape index (κ3) is 3.95. The minimum absolute atomic E-state index is 0.170. The number of pyridine rings is 1. The van der Waals surface area contributed by atoms with Crippen LogP contribution >= 0.6 is 23.2 Å². The number of nitrogens with zero attached hydrogens (tertiary/aromatic N) is 1. The number of anilines is 1. The number of carbonyl (C=O) groups excluding carboxylic acids is 2. The first-order chi connectivity index (χ1) is 12.5. The highest BCUT2D eigenvalue weighted by molar-refractivity contribution is 6.33. The molecule has 3 rings (SSSR count). The van der Waals surface area contributed by atoms with E-state index < -0.39 is 18.0 Å². The van der Waals surface area contributed by atoms with Gasteiger partial charge in [0.1, 0.15) is 5.15 Å².